The fourth-order valence-corrected chi connectivity index (χ4v) is 7.31. The van der Waals surface area contributed by atoms with Gasteiger partial charge in [0.05, 0.1) is 9.79 Å². The van der Waals surface area contributed by atoms with E-state index >= 15 is 0 Å². The molecule has 4 aromatic rings. The average Bonchev–Trinajstić information content (AvgIpc) is 3.26. The van der Waals surface area contributed by atoms with Crippen LogP contribution in [0.4, 0.5) is 0 Å². The molecule has 0 unspecified atom stereocenters. The van der Waals surface area contributed by atoms with E-state index in [2.05, 4.69) is 0 Å². The van der Waals surface area contributed by atoms with Crippen molar-refractivity contribution in [3.05, 3.63) is 90.3 Å². The number of benzene rings is 2. The molecule has 1 fully saturated rings. The first-order valence-electron chi connectivity index (χ1n) is 11.7. The first kappa shape index (κ1) is 23.6. The molecule has 0 atom stereocenters. The van der Waals surface area contributed by atoms with E-state index in [9.17, 15) is 16.8 Å². The van der Waals surface area contributed by atoms with Gasteiger partial charge in [0.2, 0.25) is 9.84 Å². The molecule has 1 saturated carbocycles. The summed E-state index contributed by atoms with van der Waals surface area (Å²) in [5, 5.41) is 0. The third kappa shape index (κ3) is 4.60. The highest BCUT2D eigenvalue weighted by Crippen LogP contribution is 2.41. The minimum atomic E-state index is -4.02. The number of nitrogens with zero attached hydrogens (tertiary/aromatic N) is 1. The monoisotopic (exact) mass is 509 g/mol. The minimum absolute atomic E-state index is 0.0393. The van der Waals surface area contributed by atoms with Gasteiger partial charge in [0.25, 0.3) is 0 Å². The smallest absolute Gasteiger partial charge is 0.339 e. The summed E-state index contributed by atoms with van der Waals surface area (Å²) in [7, 11) is -7.85. The summed E-state index contributed by atoms with van der Waals surface area (Å²) in [5.74, 6) is 0.252. The highest BCUT2D eigenvalue weighted by Gasteiger charge is 2.30. The molecule has 2 heterocycles. The maximum atomic E-state index is 13.7. The number of hydrogen-bond donors (Lipinski definition) is 0. The van der Waals surface area contributed by atoms with Gasteiger partial charge < -0.3 is 8.58 Å². The molecule has 35 heavy (non-hydrogen) atoms. The van der Waals surface area contributed by atoms with Crippen molar-refractivity contribution in [2.75, 3.05) is 0 Å². The fourth-order valence-electron chi connectivity index (χ4n) is 4.82. The largest absolute Gasteiger partial charge is 0.379 e. The minimum Gasteiger partial charge on any atom is -0.379 e. The molecule has 8 heteroatoms. The van der Waals surface area contributed by atoms with Crippen molar-refractivity contribution in [2.45, 2.75) is 59.6 Å². The molecule has 0 N–H and O–H groups in total. The second kappa shape index (κ2) is 9.17. The first-order valence-corrected chi connectivity index (χ1v) is 14.6. The van der Waals surface area contributed by atoms with E-state index in [1.165, 1.54) is 42.8 Å². The third-order valence-corrected chi connectivity index (χ3v) is 9.70. The zero-order chi connectivity index (χ0) is 24.6. The Morgan fingerprint density at radius 3 is 2.14 bits per heavy atom. The normalized spacial score (nSPS) is 15.3. The van der Waals surface area contributed by atoms with Gasteiger partial charge >= 0.3 is 10.1 Å². The fraction of sp³-hybridized carbons (Fsp3) is 0.259. The van der Waals surface area contributed by atoms with Gasteiger partial charge in [-0.15, -0.1) is 0 Å². The van der Waals surface area contributed by atoms with Crippen molar-refractivity contribution >= 4 is 25.5 Å². The molecule has 5 rings (SSSR count). The Hall–Kier alpha value is -3.10. The van der Waals surface area contributed by atoms with Crippen molar-refractivity contribution in [1.82, 2.24) is 4.40 Å². The predicted octanol–water partition coefficient (Wildman–Crippen LogP) is 5.90. The number of fused-ring (bicyclic) bond motifs is 1. The van der Waals surface area contributed by atoms with Crippen LogP contribution in [0, 0.1) is 6.92 Å². The van der Waals surface area contributed by atoms with Crippen LogP contribution in [0.2, 0.25) is 0 Å². The second-order valence-corrected chi connectivity index (χ2v) is 12.5. The highest BCUT2D eigenvalue weighted by molar-refractivity contribution is 7.91. The van der Waals surface area contributed by atoms with Crippen LogP contribution in [0.5, 0.6) is 5.75 Å². The van der Waals surface area contributed by atoms with E-state index in [0.29, 0.717) is 4.90 Å². The summed E-state index contributed by atoms with van der Waals surface area (Å²) in [6.07, 6.45) is 8.87. The van der Waals surface area contributed by atoms with E-state index in [1.807, 2.05) is 35.7 Å². The van der Waals surface area contributed by atoms with E-state index in [0.717, 1.165) is 42.3 Å². The zero-order valence-electron chi connectivity index (χ0n) is 19.4. The molecule has 1 aliphatic carbocycles. The van der Waals surface area contributed by atoms with Crippen LogP contribution in [0.3, 0.4) is 0 Å². The van der Waals surface area contributed by atoms with E-state index in [1.54, 1.807) is 18.3 Å². The van der Waals surface area contributed by atoms with Gasteiger partial charge in [0.1, 0.15) is 10.6 Å². The Balaban J connectivity index is 1.48. The molecular formula is C27H27NO5S2. The van der Waals surface area contributed by atoms with Crippen molar-refractivity contribution in [1.29, 1.82) is 0 Å². The van der Waals surface area contributed by atoms with E-state index in [4.69, 9.17) is 4.18 Å². The molecule has 0 radical (unpaired) electrons. The van der Waals surface area contributed by atoms with Crippen LogP contribution < -0.4 is 4.18 Å². The average molecular weight is 510 g/mol. The van der Waals surface area contributed by atoms with E-state index < -0.39 is 20.0 Å². The topological polar surface area (TPSA) is 81.9 Å². The molecule has 0 amide bonds. The van der Waals surface area contributed by atoms with Gasteiger partial charge in [-0.25, -0.2) is 8.42 Å². The molecule has 0 aliphatic heterocycles. The SMILES string of the molecule is Cc1ccc(S(=O)(=O)Oc2ccc(S(=O)(=O)c3cn4ccccc4c3C3CCCCC3)cc2)cc1. The molecule has 182 valence electrons. The predicted molar refractivity (Wildman–Crippen MR) is 134 cm³/mol. The number of rotatable bonds is 6. The summed E-state index contributed by atoms with van der Waals surface area (Å²) in [6, 6.07) is 17.7. The van der Waals surface area contributed by atoms with Crippen molar-refractivity contribution in [3.8, 4) is 5.75 Å². The number of aryl methyl sites for hydroxylation is 1. The molecule has 6 nitrogen and oxygen atoms in total. The summed E-state index contributed by atoms with van der Waals surface area (Å²) in [6.45, 7) is 1.87. The lowest BCUT2D eigenvalue weighted by molar-refractivity contribution is 0.441. The number of hydrogen-bond acceptors (Lipinski definition) is 5. The zero-order valence-corrected chi connectivity index (χ0v) is 21.1. The van der Waals surface area contributed by atoms with Gasteiger partial charge in [0.15, 0.2) is 0 Å². The first-order chi connectivity index (χ1) is 16.8. The van der Waals surface area contributed by atoms with Crippen LogP contribution in [-0.4, -0.2) is 21.2 Å². The van der Waals surface area contributed by atoms with Gasteiger partial charge in [-0.05, 0) is 79.8 Å². The molecule has 0 saturated heterocycles. The maximum absolute atomic E-state index is 13.7. The van der Waals surface area contributed by atoms with Gasteiger partial charge in [-0.3, -0.25) is 0 Å². The molecular weight excluding hydrogens is 482 g/mol. The Labute approximate surface area is 206 Å². The second-order valence-electron chi connectivity index (χ2n) is 9.06. The molecule has 2 aromatic heterocycles. The Morgan fingerprint density at radius 2 is 1.46 bits per heavy atom. The number of pyridine rings is 1. The van der Waals surface area contributed by atoms with E-state index in [-0.39, 0.29) is 21.5 Å². The van der Waals surface area contributed by atoms with Gasteiger partial charge in [-0.2, -0.15) is 8.42 Å². The van der Waals surface area contributed by atoms with Crippen molar-refractivity contribution in [3.63, 3.8) is 0 Å². The number of aromatic nitrogens is 1. The quantitative estimate of drug-likeness (QED) is 0.303. The highest BCUT2D eigenvalue weighted by atomic mass is 32.2. The summed E-state index contributed by atoms with van der Waals surface area (Å²) >= 11 is 0. The maximum Gasteiger partial charge on any atom is 0.339 e. The number of sulfone groups is 1. The Morgan fingerprint density at radius 1 is 0.800 bits per heavy atom. The summed E-state index contributed by atoms with van der Waals surface area (Å²) in [5.41, 5.74) is 2.74. The lowest BCUT2D eigenvalue weighted by Crippen LogP contribution is -2.11. The van der Waals surface area contributed by atoms with Gasteiger partial charge in [-0.1, -0.05) is 43.0 Å². The molecule has 2 aromatic carbocycles. The molecule has 1 aliphatic rings. The standard InChI is InChI=1S/C27H27NO5S2/c1-20-10-14-24(15-11-20)35(31,32)33-22-12-16-23(17-13-22)34(29,30)26-19-28-18-6-5-9-25(28)27(26)21-7-3-2-4-8-21/h5-6,9-19,21H,2-4,7-8H2,1H3. The van der Waals surface area contributed by atoms with Crippen LogP contribution in [0.25, 0.3) is 5.52 Å². The van der Waals surface area contributed by atoms with Crippen molar-refractivity contribution in [2.24, 2.45) is 0 Å². The lowest BCUT2D eigenvalue weighted by Gasteiger charge is -2.22. The summed E-state index contributed by atoms with van der Waals surface area (Å²) < 4.78 is 59.8. The third-order valence-electron chi connectivity index (χ3n) is 6.64. The van der Waals surface area contributed by atoms with Crippen LogP contribution in [0.1, 0.15) is 49.1 Å². The Kier molecular flexibility index (Phi) is 6.19. The lowest BCUT2D eigenvalue weighted by atomic mass is 9.84. The molecule has 0 spiro atoms. The Bertz CT molecular complexity index is 1560. The van der Waals surface area contributed by atoms with Gasteiger partial charge in [0, 0.05) is 17.9 Å². The van der Waals surface area contributed by atoms with Crippen LogP contribution in [-0.2, 0) is 20.0 Å². The summed E-state index contributed by atoms with van der Waals surface area (Å²) in [4.78, 5) is 0.458. The van der Waals surface area contributed by atoms with Crippen LogP contribution in [0.15, 0.2) is 93.8 Å². The van der Waals surface area contributed by atoms with Crippen LogP contribution >= 0.6 is 0 Å². The van der Waals surface area contributed by atoms with Crippen molar-refractivity contribution < 1.29 is 21.0 Å². The molecule has 0 bridgehead atoms.